The maximum atomic E-state index is 12.7. The fraction of sp³-hybridized carbons (Fsp3) is 0.302. The van der Waals surface area contributed by atoms with E-state index in [9.17, 15) is 18.3 Å². The van der Waals surface area contributed by atoms with E-state index in [-0.39, 0.29) is 25.6 Å². The van der Waals surface area contributed by atoms with Crippen molar-refractivity contribution < 1.29 is 46.7 Å². The molecule has 5 aromatic rings. The Morgan fingerprint density at radius 3 is 1.74 bits per heavy atom. The summed E-state index contributed by atoms with van der Waals surface area (Å²) in [7, 11) is 1.51. The van der Waals surface area contributed by atoms with Crippen molar-refractivity contribution in [2.75, 3.05) is 20.3 Å². The van der Waals surface area contributed by atoms with Gasteiger partial charge >= 0.3 is 6.18 Å². The zero-order chi connectivity index (χ0) is 38.0. The van der Waals surface area contributed by atoms with Gasteiger partial charge in [-0.1, -0.05) is 121 Å². The van der Waals surface area contributed by atoms with Gasteiger partial charge < -0.3 is 33.5 Å². The molecule has 1 heterocycles. The van der Waals surface area contributed by atoms with Crippen LogP contribution >= 0.6 is 11.6 Å². The largest absolute Gasteiger partial charge is 0.484 e. The van der Waals surface area contributed by atoms with Crippen molar-refractivity contribution in [1.82, 2.24) is 0 Å². The smallest absolute Gasteiger partial charge is 0.422 e. The predicted molar refractivity (Wildman–Crippen MR) is 198 cm³/mol. The number of ether oxygens (including phenoxy) is 6. The fourth-order valence-electron chi connectivity index (χ4n) is 6.51. The van der Waals surface area contributed by atoms with Crippen molar-refractivity contribution in [1.29, 1.82) is 0 Å². The molecule has 0 amide bonds. The second kappa shape index (κ2) is 18.4. The summed E-state index contributed by atoms with van der Waals surface area (Å²) in [6, 6.07) is 40.9. The molecule has 0 aliphatic carbocycles. The van der Waals surface area contributed by atoms with Gasteiger partial charge in [-0.25, -0.2) is 0 Å². The van der Waals surface area contributed by atoms with Crippen molar-refractivity contribution in [3.05, 3.63) is 172 Å². The molecule has 0 saturated carbocycles. The summed E-state index contributed by atoms with van der Waals surface area (Å²) in [4.78, 5) is 0. The third-order valence-corrected chi connectivity index (χ3v) is 9.55. The minimum Gasteiger partial charge on any atom is -0.484 e. The predicted octanol–water partition coefficient (Wildman–Crippen LogP) is 8.82. The molecule has 1 aliphatic heterocycles. The average Bonchev–Trinajstić information content (AvgIpc) is 3.19. The van der Waals surface area contributed by atoms with Crippen molar-refractivity contribution in [2.24, 2.45) is 0 Å². The van der Waals surface area contributed by atoms with Gasteiger partial charge in [-0.05, 0) is 58.5 Å². The van der Waals surface area contributed by atoms with Crippen molar-refractivity contribution in [2.45, 2.75) is 62.6 Å². The zero-order valence-electron chi connectivity index (χ0n) is 29.7. The first-order chi connectivity index (χ1) is 26.2. The first kappa shape index (κ1) is 39.4. The number of hydrogen-bond donors (Lipinski definition) is 1. The number of aliphatic hydroxyl groups is 1. The highest BCUT2D eigenvalue weighted by atomic mass is 35.5. The number of methoxy groups -OCH3 is 1. The van der Waals surface area contributed by atoms with Gasteiger partial charge in [0.15, 0.2) is 6.61 Å². The van der Waals surface area contributed by atoms with Crippen LogP contribution in [0.1, 0.15) is 33.4 Å². The Hall–Kier alpha value is -4.26. The highest BCUT2D eigenvalue weighted by molar-refractivity contribution is 6.31. The Balaban J connectivity index is 1.37. The monoisotopic (exact) mass is 762 g/mol. The molecule has 1 aliphatic rings. The summed E-state index contributed by atoms with van der Waals surface area (Å²) in [6.45, 7) is -1.16. The van der Waals surface area contributed by atoms with E-state index in [1.807, 2.05) is 97.1 Å². The maximum absolute atomic E-state index is 12.7. The molecule has 11 heteroatoms. The molecular formula is C43H42ClF3O7. The summed E-state index contributed by atoms with van der Waals surface area (Å²) < 4.78 is 76.2. The molecule has 6 rings (SSSR count). The molecule has 7 nitrogen and oxygen atoms in total. The second-order valence-electron chi connectivity index (χ2n) is 13.0. The van der Waals surface area contributed by atoms with E-state index < -0.39 is 49.6 Å². The molecule has 1 saturated heterocycles. The number of alkyl halides is 3. The molecular weight excluding hydrogens is 721 g/mol. The summed E-state index contributed by atoms with van der Waals surface area (Å²) in [6.07, 6.45) is -7.55. The number of hydrogen-bond acceptors (Lipinski definition) is 7. The van der Waals surface area contributed by atoms with Crippen LogP contribution in [-0.4, -0.2) is 56.0 Å². The molecule has 0 radical (unpaired) electrons. The lowest BCUT2D eigenvalue weighted by Crippen LogP contribution is -2.66. The lowest BCUT2D eigenvalue weighted by molar-refractivity contribution is -0.384. The lowest BCUT2D eigenvalue weighted by atomic mass is 9.86. The summed E-state index contributed by atoms with van der Waals surface area (Å²) >= 11 is 6.76. The van der Waals surface area contributed by atoms with Crippen LogP contribution in [-0.2, 0) is 55.7 Å². The number of benzene rings is 5. The Labute approximate surface area is 318 Å². The third-order valence-electron chi connectivity index (χ3n) is 9.18. The Kier molecular flexibility index (Phi) is 13.4. The molecule has 0 aromatic heterocycles. The number of aliphatic hydroxyl groups excluding tert-OH is 1. The summed E-state index contributed by atoms with van der Waals surface area (Å²) in [5, 5.41) is 11.3. The third kappa shape index (κ3) is 10.1. The fourth-order valence-corrected chi connectivity index (χ4v) is 6.70. The van der Waals surface area contributed by atoms with Gasteiger partial charge in [-0.2, -0.15) is 13.2 Å². The standard InChI is InChI=1S/C43H42ClF3O7/c1-49-43(35-19-22-37(44)34(24-35)23-30-17-20-36(21-18-30)53-29-42(45,46)47)41(52-28-33-15-9-4-10-16-33)40(51-27-32-13-7-3-8-14-32)39(38(25-48)54-43)50-26-31-11-5-2-6-12-31/h2-22,24,38-41,48H,23,25-29H2,1H3/t38?,39-,40+,41-,43+/m1/s1. The first-order valence-electron chi connectivity index (χ1n) is 17.5. The lowest BCUT2D eigenvalue weighted by Gasteiger charge is -2.52. The first-order valence-corrected chi connectivity index (χ1v) is 17.9. The normalized spacial score (nSPS) is 21.5. The van der Waals surface area contributed by atoms with E-state index in [0.29, 0.717) is 22.6 Å². The van der Waals surface area contributed by atoms with Crippen LogP contribution in [0, 0.1) is 0 Å². The van der Waals surface area contributed by atoms with Crippen LogP contribution in [0.25, 0.3) is 0 Å². The van der Waals surface area contributed by atoms with Crippen molar-refractivity contribution in [3.8, 4) is 5.75 Å². The molecule has 5 aromatic carbocycles. The SMILES string of the molecule is CO[C@@]1(c2ccc(Cl)c(Cc3ccc(OCC(F)(F)F)cc3)c2)OC(CO)[C@@H](OCc2ccccc2)[C@H](OCc2ccccc2)[C@H]1OCc1ccccc1. The van der Waals surface area contributed by atoms with Crippen LogP contribution in [0.5, 0.6) is 5.75 Å². The second-order valence-corrected chi connectivity index (χ2v) is 13.4. The molecule has 0 spiro atoms. The van der Waals surface area contributed by atoms with Crippen molar-refractivity contribution in [3.63, 3.8) is 0 Å². The van der Waals surface area contributed by atoms with E-state index in [2.05, 4.69) is 0 Å². The van der Waals surface area contributed by atoms with Gasteiger partial charge in [0.05, 0.1) is 26.4 Å². The number of rotatable bonds is 16. The van der Waals surface area contributed by atoms with Crippen LogP contribution in [0.2, 0.25) is 5.02 Å². The zero-order valence-corrected chi connectivity index (χ0v) is 30.4. The summed E-state index contributed by atoms with van der Waals surface area (Å²) in [5.74, 6) is -1.52. The molecule has 5 atom stereocenters. The van der Waals surface area contributed by atoms with Gasteiger partial charge in [-0.15, -0.1) is 0 Å². The van der Waals surface area contributed by atoms with Gasteiger partial charge in [0, 0.05) is 17.7 Å². The van der Waals surface area contributed by atoms with Gasteiger partial charge in [0.1, 0.15) is 30.2 Å². The molecule has 284 valence electrons. The van der Waals surface area contributed by atoms with E-state index in [4.69, 9.17) is 40.0 Å². The van der Waals surface area contributed by atoms with E-state index in [1.165, 1.54) is 19.2 Å². The van der Waals surface area contributed by atoms with Crippen LogP contribution in [0.15, 0.2) is 133 Å². The van der Waals surface area contributed by atoms with Crippen LogP contribution < -0.4 is 4.74 Å². The van der Waals surface area contributed by atoms with Gasteiger partial charge in [0.25, 0.3) is 0 Å². The highest BCUT2D eigenvalue weighted by Gasteiger charge is 2.58. The quantitative estimate of drug-likeness (QED) is 0.108. The van der Waals surface area contributed by atoms with Crippen molar-refractivity contribution >= 4 is 11.6 Å². The Morgan fingerprint density at radius 2 is 1.22 bits per heavy atom. The number of halogens is 4. The molecule has 54 heavy (non-hydrogen) atoms. The van der Waals surface area contributed by atoms with E-state index in [0.717, 1.165) is 22.3 Å². The summed E-state index contributed by atoms with van der Waals surface area (Å²) in [5.41, 5.74) is 4.82. The topological polar surface area (TPSA) is 75.6 Å². The molecule has 1 unspecified atom stereocenters. The van der Waals surface area contributed by atoms with Crippen LogP contribution in [0.4, 0.5) is 13.2 Å². The highest BCUT2D eigenvalue weighted by Crippen LogP contribution is 2.44. The molecule has 1 N–H and O–H groups in total. The minimum absolute atomic E-state index is 0.101. The molecule has 1 fully saturated rings. The van der Waals surface area contributed by atoms with Crippen LogP contribution in [0.3, 0.4) is 0 Å². The maximum Gasteiger partial charge on any atom is 0.422 e. The van der Waals surface area contributed by atoms with E-state index >= 15 is 0 Å². The van der Waals surface area contributed by atoms with E-state index in [1.54, 1.807) is 24.3 Å². The Morgan fingerprint density at radius 1 is 0.685 bits per heavy atom. The Bertz CT molecular complexity index is 1880. The van der Waals surface area contributed by atoms with Gasteiger partial charge in [0.2, 0.25) is 5.79 Å². The molecule has 0 bridgehead atoms. The minimum atomic E-state index is -4.44. The van der Waals surface area contributed by atoms with Gasteiger partial charge in [-0.3, -0.25) is 0 Å². The average molecular weight is 763 g/mol.